The fourth-order valence-corrected chi connectivity index (χ4v) is 4.39. The zero-order chi connectivity index (χ0) is 22.8. The standard InChI is InChI=1S/C21H23ClFN3O4S/c1-21(20(28)24-11-15-3-7-17(22)8-4-15)14-25(31(2,29)30)13-19(27)26(21)12-16-5-9-18(23)10-6-16/h3-10H,11-14H2,1-2H3,(H,24,28)/t21-/m1/s1. The number of hydrogen-bond donors (Lipinski definition) is 1. The smallest absolute Gasteiger partial charge is 0.247 e. The van der Waals surface area contributed by atoms with Crippen molar-refractivity contribution in [1.29, 1.82) is 0 Å². The molecule has 3 rings (SSSR count). The number of carbonyl (C=O) groups is 2. The van der Waals surface area contributed by atoms with Gasteiger partial charge in [-0.3, -0.25) is 9.59 Å². The number of sulfonamides is 1. The maximum atomic E-state index is 13.3. The lowest BCUT2D eigenvalue weighted by Crippen LogP contribution is -2.69. The Hall–Kier alpha value is -2.49. The third-order valence-corrected chi connectivity index (χ3v) is 6.72. The molecule has 1 saturated heterocycles. The van der Waals surface area contributed by atoms with Gasteiger partial charge in [-0.1, -0.05) is 35.9 Å². The molecule has 2 amide bonds. The van der Waals surface area contributed by atoms with Crippen LogP contribution in [0.25, 0.3) is 0 Å². The fraction of sp³-hybridized carbons (Fsp3) is 0.333. The minimum Gasteiger partial charge on any atom is -0.350 e. The molecule has 1 fully saturated rings. The van der Waals surface area contributed by atoms with Crippen molar-refractivity contribution in [1.82, 2.24) is 14.5 Å². The number of nitrogens with one attached hydrogen (secondary N) is 1. The van der Waals surface area contributed by atoms with Crippen molar-refractivity contribution in [3.8, 4) is 0 Å². The summed E-state index contributed by atoms with van der Waals surface area (Å²) in [5.41, 5.74) is -0.0352. The van der Waals surface area contributed by atoms with E-state index in [0.29, 0.717) is 10.6 Å². The second-order valence-electron chi connectivity index (χ2n) is 7.72. The van der Waals surface area contributed by atoms with Gasteiger partial charge in [0.15, 0.2) is 0 Å². The summed E-state index contributed by atoms with van der Waals surface area (Å²) in [6.45, 7) is 1.21. The molecule has 1 heterocycles. The predicted molar refractivity (Wildman–Crippen MR) is 115 cm³/mol. The van der Waals surface area contributed by atoms with Crippen LogP contribution in [0, 0.1) is 5.82 Å². The zero-order valence-corrected chi connectivity index (χ0v) is 18.7. The van der Waals surface area contributed by atoms with Gasteiger partial charge in [-0.15, -0.1) is 0 Å². The molecule has 7 nitrogen and oxygen atoms in total. The predicted octanol–water partition coefficient (Wildman–Crippen LogP) is 2.16. The molecule has 10 heteroatoms. The molecule has 0 spiro atoms. The summed E-state index contributed by atoms with van der Waals surface area (Å²) in [6.07, 6.45) is 1.00. The van der Waals surface area contributed by atoms with Crippen molar-refractivity contribution in [3.05, 3.63) is 70.5 Å². The molecular weight excluding hydrogens is 445 g/mol. The van der Waals surface area contributed by atoms with Gasteiger partial charge in [0.05, 0.1) is 12.8 Å². The summed E-state index contributed by atoms with van der Waals surface area (Å²) in [5, 5.41) is 3.35. The lowest BCUT2D eigenvalue weighted by molar-refractivity contribution is -0.153. The van der Waals surface area contributed by atoms with Crippen molar-refractivity contribution in [2.24, 2.45) is 0 Å². The van der Waals surface area contributed by atoms with Crippen LogP contribution in [0.4, 0.5) is 4.39 Å². The number of hydrogen-bond acceptors (Lipinski definition) is 4. The van der Waals surface area contributed by atoms with E-state index in [1.807, 2.05) is 0 Å². The van der Waals surface area contributed by atoms with Crippen molar-refractivity contribution < 1.29 is 22.4 Å². The van der Waals surface area contributed by atoms with Crippen LogP contribution >= 0.6 is 11.6 Å². The second-order valence-corrected chi connectivity index (χ2v) is 10.1. The third kappa shape index (κ3) is 5.41. The van der Waals surface area contributed by atoms with E-state index in [2.05, 4.69) is 5.32 Å². The number of piperazine rings is 1. The SMILES string of the molecule is C[C@]1(C(=O)NCc2ccc(Cl)cc2)CN(S(C)(=O)=O)CC(=O)N1Cc1ccc(F)cc1. The van der Waals surface area contributed by atoms with Gasteiger partial charge in [-0.2, -0.15) is 4.31 Å². The maximum Gasteiger partial charge on any atom is 0.247 e. The number of carbonyl (C=O) groups excluding carboxylic acids is 2. The summed E-state index contributed by atoms with van der Waals surface area (Å²) in [4.78, 5) is 27.5. The Morgan fingerprint density at radius 3 is 2.29 bits per heavy atom. The van der Waals surface area contributed by atoms with E-state index in [4.69, 9.17) is 11.6 Å². The topological polar surface area (TPSA) is 86.8 Å². The molecule has 0 unspecified atom stereocenters. The molecular formula is C21H23ClFN3O4S. The van der Waals surface area contributed by atoms with Crippen molar-refractivity contribution in [3.63, 3.8) is 0 Å². The highest BCUT2D eigenvalue weighted by atomic mass is 35.5. The monoisotopic (exact) mass is 467 g/mol. The van der Waals surface area contributed by atoms with E-state index in [-0.39, 0.29) is 26.2 Å². The first-order valence-electron chi connectivity index (χ1n) is 9.52. The van der Waals surface area contributed by atoms with E-state index in [1.54, 1.807) is 24.3 Å². The number of halogens is 2. The minimum absolute atomic E-state index is 0.0432. The molecule has 1 N–H and O–H groups in total. The third-order valence-electron chi connectivity index (χ3n) is 5.27. The summed E-state index contributed by atoms with van der Waals surface area (Å²) in [6, 6.07) is 12.5. The molecule has 0 aliphatic carbocycles. The molecule has 166 valence electrons. The highest BCUT2D eigenvalue weighted by molar-refractivity contribution is 7.88. The van der Waals surface area contributed by atoms with Crippen LogP contribution in [0.2, 0.25) is 5.02 Å². The van der Waals surface area contributed by atoms with Gasteiger partial charge in [0.2, 0.25) is 21.8 Å². The Morgan fingerprint density at radius 1 is 1.13 bits per heavy atom. The van der Waals surface area contributed by atoms with Crippen LogP contribution in [0.3, 0.4) is 0 Å². The molecule has 1 aliphatic rings. The lowest BCUT2D eigenvalue weighted by Gasteiger charge is -2.46. The van der Waals surface area contributed by atoms with E-state index in [0.717, 1.165) is 16.1 Å². The molecule has 31 heavy (non-hydrogen) atoms. The first-order chi connectivity index (χ1) is 14.5. The van der Waals surface area contributed by atoms with Crippen molar-refractivity contribution in [2.45, 2.75) is 25.6 Å². The van der Waals surface area contributed by atoms with E-state index in [1.165, 1.54) is 36.1 Å². The van der Waals surface area contributed by atoms with E-state index >= 15 is 0 Å². The number of rotatable bonds is 6. The lowest BCUT2D eigenvalue weighted by atomic mass is 9.94. The molecule has 0 bridgehead atoms. The average Bonchev–Trinajstić information content (AvgIpc) is 2.70. The van der Waals surface area contributed by atoms with Crippen molar-refractivity contribution in [2.75, 3.05) is 19.3 Å². The molecule has 0 aromatic heterocycles. The summed E-state index contributed by atoms with van der Waals surface area (Å²) < 4.78 is 38.5. The normalized spacial score (nSPS) is 20.0. The van der Waals surface area contributed by atoms with Gasteiger partial charge >= 0.3 is 0 Å². The number of benzene rings is 2. The highest BCUT2D eigenvalue weighted by Gasteiger charge is 2.49. The Labute approximate surface area is 185 Å². The van der Waals surface area contributed by atoms with Crippen LogP contribution in [0.1, 0.15) is 18.1 Å². The van der Waals surface area contributed by atoms with Crippen LogP contribution in [0.5, 0.6) is 0 Å². The first-order valence-corrected chi connectivity index (χ1v) is 11.7. The van der Waals surface area contributed by atoms with Gasteiger partial charge in [-0.05, 0) is 42.3 Å². The van der Waals surface area contributed by atoms with Gasteiger partial charge < -0.3 is 10.2 Å². The second kappa shape index (κ2) is 8.94. The fourth-order valence-electron chi connectivity index (χ4n) is 3.44. The zero-order valence-electron chi connectivity index (χ0n) is 17.1. The molecule has 1 aliphatic heterocycles. The Kier molecular flexibility index (Phi) is 6.68. The largest absolute Gasteiger partial charge is 0.350 e. The number of amides is 2. The van der Waals surface area contributed by atoms with Crippen molar-refractivity contribution >= 4 is 33.4 Å². The molecule has 0 radical (unpaired) electrons. The average molecular weight is 468 g/mol. The minimum atomic E-state index is -3.70. The summed E-state index contributed by atoms with van der Waals surface area (Å²) in [5.74, 6) is -1.42. The summed E-state index contributed by atoms with van der Waals surface area (Å²) in [7, 11) is -3.70. The quantitative estimate of drug-likeness (QED) is 0.705. The van der Waals surface area contributed by atoms with Gasteiger partial charge in [-0.25, -0.2) is 12.8 Å². The van der Waals surface area contributed by atoms with Crippen LogP contribution in [0.15, 0.2) is 48.5 Å². The van der Waals surface area contributed by atoms with Crippen LogP contribution in [-0.4, -0.2) is 54.3 Å². The van der Waals surface area contributed by atoms with Gasteiger partial charge in [0.25, 0.3) is 0 Å². The molecule has 2 aromatic rings. The Balaban J connectivity index is 1.87. The highest BCUT2D eigenvalue weighted by Crippen LogP contribution is 2.27. The molecule has 2 aromatic carbocycles. The van der Waals surface area contributed by atoms with Crippen LogP contribution in [-0.2, 0) is 32.7 Å². The summed E-state index contributed by atoms with van der Waals surface area (Å²) >= 11 is 5.88. The van der Waals surface area contributed by atoms with Gasteiger partial charge in [0.1, 0.15) is 11.4 Å². The van der Waals surface area contributed by atoms with E-state index in [9.17, 15) is 22.4 Å². The van der Waals surface area contributed by atoms with Gasteiger partial charge in [0, 0.05) is 24.7 Å². The molecule has 0 saturated carbocycles. The maximum absolute atomic E-state index is 13.3. The Morgan fingerprint density at radius 2 is 1.71 bits per heavy atom. The molecule has 1 atom stereocenters. The Bertz CT molecular complexity index is 1080. The number of nitrogens with zero attached hydrogens (tertiary/aromatic N) is 2. The van der Waals surface area contributed by atoms with E-state index < -0.39 is 33.2 Å². The van der Waals surface area contributed by atoms with Crippen LogP contribution < -0.4 is 5.32 Å². The first kappa shape index (κ1) is 23.2.